The van der Waals surface area contributed by atoms with Crippen LogP contribution in [0.1, 0.15) is 27.0 Å². The maximum atomic E-state index is 12.9. The van der Waals surface area contributed by atoms with E-state index in [1.54, 1.807) is 43.3 Å². The summed E-state index contributed by atoms with van der Waals surface area (Å²) in [5.74, 6) is -0.624. The normalized spacial score (nSPS) is 15.0. The van der Waals surface area contributed by atoms with Gasteiger partial charge in [0.1, 0.15) is 6.61 Å². The van der Waals surface area contributed by atoms with Gasteiger partial charge in [0, 0.05) is 13.1 Å². The fraction of sp³-hybridized carbons (Fsp3) is 0.300. The number of esters is 1. The quantitative estimate of drug-likeness (QED) is 0.714. The van der Waals surface area contributed by atoms with Crippen molar-refractivity contribution in [3.63, 3.8) is 0 Å². The highest BCUT2D eigenvalue weighted by atomic mass is 32.2. The third kappa shape index (κ3) is 4.39. The highest BCUT2D eigenvalue weighted by molar-refractivity contribution is 7.89. The summed E-state index contributed by atoms with van der Waals surface area (Å²) in [6.07, 6.45) is 0. The molecule has 0 spiro atoms. The molecular formula is C20H20N2O5S. The zero-order chi connectivity index (χ0) is 20.1. The Morgan fingerprint density at radius 2 is 1.96 bits per heavy atom. The van der Waals surface area contributed by atoms with Gasteiger partial charge < -0.3 is 9.47 Å². The molecule has 7 nitrogen and oxygen atoms in total. The van der Waals surface area contributed by atoms with Gasteiger partial charge in [-0.1, -0.05) is 18.2 Å². The predicted octanol–water partition coefficient (Wildman–Crippen LogP) is 2.24. The molecule has 1 aliphatic rings. The molecule has 1 heterocycles. The Labute approximate surface area is 164 Å². The van der Waals surface area contributed by atoms with Crippen LogP contribution >= 0.6 is 0 Å². The molecule has 0 aliphatic carbocycles. The van der Waals surface area contributed by atoms with Gasteiger partial charge in [-0.25, -0.2) is 13.2 Å². The topological polar surface area (TPSA) is 96.7 Å². The van der Waals surface area contributed by atoms with Crippen molar-refractivity contribution in [3.8, 4) is 6.07 Å². The number of morpholine rings is 1. The summed E-state index contributed by atoms with van der Waals surface area (Å²) in [5.41, 5.74) is 1.88. The molecule has 0 saturated carbocycles. The first-order chi connectivity index (χ1) is 13.4. The lowest BCUT2D eigenvalue weighted by atomic mass is 10.1. The van der Waals surface area contributed by atoms with Crippen LogP contribution in [0.4, 0.5) is 0 Å². The summed E-state index contributed by atoms with van der Waals surface area (Å²) in [5, 5.41) is 8.93. The second-order valence-electron chi connectivity index (χ2n) is 6.39. The summed E-state index contributed by atoms with van der Waals surface area (Å²) in [7, 11) is -3.72. The Morgan fingerprint density at radius 3 is 2.68 bits per heavy atom. The second kappa shape index (κ2) is 8.52. The van der Waals surface area contributed by atoms with Gasteiger partial charge in [0.2, 0.25) is 10.0 Å². The fourth-order valence-electron chi connectivity index (χ4n) is 2.89. The minimum Gasteiger partial charge on any atom is -0.457 e. The van der Waals surface area contributed by atoms with Crippen molar-refractivity contribution in [1.29, 1.82) is 5.26 Å². The van der Waals surface area contributed by atoms with Gasteiger partial charge in [0.15, 0.2) is 0 Å². The Hall–Kier alpha value is -2.73. The molecule has 0 N–H and O–H groups in total. The number of carbonyl (C=O) groups excluding carboxylic acids is 1. The largest absolute Gasteiger partial charge is 0.457 e. The van der Waals surface area contributed by atoms with E-state index in [9.17, 15) is 13.2 Å². The van der Waals surface area contributed by atoms with Gasteiger partial charge in [0.25, 0.3) is 0 Å². The number of benzene rings is 2. The molecule has 8 heteroatoms. The molecule has 0 bridgehead atoms. The van der Waals surface area contributed by atoms with Crippen molar-refractivity contribution in [2.24, 2.45) is 0 Å². The number of hydrogen-bond donors (Lipinski definition) is 0. The van der Waals surface area contributed by atoms with Crippen LogP contribution in [-0.4, -0.2) is 45.0 Å². The minimum atomic E-state index is -3.72. The molecular weight excluding hydrogens is 380 g/mol. The van der Waals surface area contributed by atoms with Crippen molar-refractivity contribution >= 4 is 16.0 Å². The van der Waals surface area contributed by atoms with Crippen LogP contribution in [0.5, 0.6) is 0 Å². The average Bonchev–Trinajstić information content (AvgIpc) is 2.73. The number of rotatable bonds is 5. The van der Waals surface area contributed by atoms with Crippen molar-refractivity contribution in [2.45, 2.75) is 18.4 Å². The number of ether oxygens (including phenoxy) is 2. The van der Waals surface area contributed by atoms with E-state index in [0.29, 0.717) is 29.9 Å². The lowest BCUT2D eigenvalue weighted by Crippen LogP contribution is -2.40. The first-order valence-electron chi connectivity index (χ1n) is 8.76. The van der Waals surface area contributed by atoms with E-state index >= 15 is 0 Å². The first kappa shape index (κ1) is 20.0. The molecule has 0 atom stereocenters. The minimum absolute atomic E-state index is 0.00617. The van der Waals surface area contributed by atoms with E-state index in [4.69, 9.17) is 14.7 Å². The van der Waals surface area contributed by atoms with Gasteiger partial charge in [-0.05, 0) is 42.3 Å². The van der Waals surface area contributed by atoms with Crippen LogP contribution in [0.3, 0.4) is 0 Å². The van der Waals surface area contributed by atoms with Gasteiger partial charge in [-0.3, -0.25) is 0 Å². The highest BCUT2D eigenvalue weighted by Crippen LogP contribution is 2.23. The summed E-state index contributed by atoms with van der Waals surface area (Å²) < 4.78 is 37.7. The highest BCUT2D eigenvalue weighted by Gasteiger charge is 2.28. The number of aryl methyl sites for hydroxylation is 1. The zero-order valence-electron chi connectivity index (χ0n) is 15.4. The van der Waals surface area contributed by atoms with Crippen LogP contribution in [0.25, 0.3) is 0 Å². The van der Waals surface area contributed by atoms with Gasteiger partial charge in [0.05, 0.1) is 35.3 Å². The smallest absolute Gasteiger partial charge is 0.338 e. The average molecular weight is 400 g/mol. The Bertz CT molecular complexity index is 1020. The standard InChI is InChI=1S/C20H20N2O5S/c1-15-5-6-18(12-19(15)28(24,25)22-7-9-26-10-8-22)20(23)27-14-17-4-2-3-16(11-17)13-21/h2-6,11-12H,7-10,14H2,1H3. The molecule has 3 rings (SSSR count). The Balaban J connectivity index is 1.78. The maximum absolute atomic E-state index is 12.9. The molecule has 1 aliphatic heterocycles. The fourth-order valence-corrected chi connectivity index (χ4v) is 4.55. The molecule has 0 unspecified atom stereocenters. The summed E-state index contributed by atoms with van der Waals surface area (Å²) in [4.78, 5) is 12.5. The maximum Gasteiger partial charge on any atom is 0.338 e. The first-order valence-corrected chi connectivity index (χ1v) is 10.2. The van der Waals surface area contributed by atoms with Crippen LogP contribution in [0, 0.1) is 18.3 Å². The summed E-state index contributed by atoms with van der Waals surface area (Å²) in [6.45, 7) is 2.95. The lowest BCUT2D eigenvalue weighted by Gasteiger charge is -2.26. The van der Waals surface area contributed by atoms with E-state index in [2.05, 4.69) is 0 Å². The monoisotopic (exact) mass is 400 g/mol. The molecule has 0 radical (unpaired) electrons. The lowest BCUT2D eigenvalue weighted by molar-refractivity contribution is 0.0472. The number of sulfonamides is 1. The molecule has 28 heavy (non-hydrogen) atoms. The Kier molecular flexibility index (Phi) is 6.09. The van der Waals surface area contributed by atoms with Gasteiger partial charge >= 0.3 is 5.97 Å². The van der Waals surface area contributed by atoms with E-state index in [1.807, 2.05) is 6.07 Å². The molecule has 0 aromatic heterocycles. The van der Waals surface area contributed by atoms with E-state index < -0.39 is 16.0 Å². The SMILES string of the molecule is Cc1ccc(C(=O)OCc2cccc(C#N)c2)cc1S(=O)(=O)N1CCOCC1. The van der Waals surface area contributed by atoms with Crippen molar-refractivity contribution in [1.82, 2.24) is 4.31 Å². The van der Waals surface area contributed by atoms with Gasteiger partial charge in [-0.2, -0.15) is 9.57 Å². The van der Waals surface area contributed by atoms with Crippen molar-refractivity contribution < 1.29 is 22.7 Å². The molecule has 2 aromatic carbocycles. The van der Waals surface area contributed by atoms with E-state index in [1.165, 1.54) is 10.4 Å². The number of nitriles is 1. The van der Waals surface area contributed by atoms with Crippen molar-refractivity contribution in [3.05, 3.63) is 64.7 Å². The molecule has 1 fully saturated rings. The Morgan fingerprint density at radius 1 is 1.21 bits per heavy atom. The van der Waals surface area contributed by atoms with Crippen LogP contribution in [0.15, 0.2) is 47.4 Å². The van der Waals surface area contributed by atoms with Crippen molar-refractivity contribution in [2.75, 3.05) is 26.3 Å². The van der Waals surface area contributed by atoms with Crippen LogP contribution < -0.4 is 0 Å². The summed E-state index contributed by atoms with van der Waals surface area (Å²) >= 11 is 0. The second-order valence-corrected chi connectivity index (χ2v) is 8.29. The van der Waals surface area contributed by atoms with E-state index in [-0.39, 0.29) is 30.2 Å². The number of carbonyl (C=O) groups is 1. The van der Waals surface area contributed by atoms with Crippen LogP contribution in [-0.2, 0) is 26.1 Å². The summed E-state index contributed by atoms with van der Waals surface area (Å²) in [6, 6.07) is 13.3. The molecule has 1 saturated heterocycles. The van der Waals surface area contributed by atoms with E-state index in [0.717, 1.165) is 0 Å². The van der Waals surface area contributed by atoms with Crippen LogP contribution in [0.2, 0.25) is 0 Å². The third-order valence-electron chi connectivity index (χ3n) is 4.44. The predicted molar refractivity (Wildman–Crippen MR) is 101 cm³/mol. The number of hydrogen-bond acceptors (Lipinski definition) is 6. The zero-order valence-corrected chi connectivity index (χ0v) is 16.2. The number of nitrogens with zero attached hydrogens (tertiary/aromatic N) is 2. The van der Waals surface area contributed by atoms with Gasteiger partial charge in [-0.15, -0.1) is 0 Å². The molecule has 0 amide bonds. The molecule has 146 valence electrons. The molecule has 2 aromatic rings. The third-order valence-corrected chi connectivity index (χ3v) is 6.48.